The van der Waals surface area contributed by atoms with E-state index in [-0.39, 0.29) is 6.10 Å². The third-order valence-electron chi connectivity index (χ3n) is 2.12. The summed E-state index contributed by atoms with van der Waals surface area (Å²) in [5, 5.41) is 9.06. The Morgan fingerprint density at radius 3 is 2.64 bits per heavy atom. The van der Waals surface area contributed by atoms with Crippen LogP contribution in [0.1, 0.15) is 24.5 Å². The first-order valence-corrected chi connectivity index (χ1v) is 4.97. The van der Waals surface area contributed by atoms with Crippen LogP contribution in [0.4, 0.5) is 0 Å². The normalized spacial score (nSPS) is 12.6. The predicted molar refractivity (Wildman–Crippen MR) is 57.7 cm³/mol. The van der Waals surface area contributed by atoms with E-state index in [1.165, 1.54) is 5.56 Å². The first kappa shape index (κ1) is 11.1. The maximum atomic E-state index is 9.06. The molecule has 14 heavy (non-hydrogen) atoms. The van der Waals surface area contributed by atoms with E-state index >= 15 is 0 Å². The quantitative estimate of drug-likeness (QED) is 0.797. The molecule has 1 N–H and O–H groups in total. The second-order valence-electron chi connectivity index (χ2n) is 3.76. The van der Waals surface area contributed by atoms with E-state index in [9.17, 15) is 0 Å². The van der Waals surface area contributed by atoms with Crippen LogP contribution in [0, 0.1) is 13.8 Å². The van der Waals surface area contributed by atoms with Crippen LogP contribution in [-0.2, 0) is 0 Å². The van der Waals surface area contributed by atoms with E-state index in [1.54, 1.807) is 6.92 Å². The first-order chi connectivity index (χ1) is 6.59. The van der Waals surface area contributed by atoms with E-state index in [4.69, 9.17) is 9.84 Å². The van der Waals surface area contributed by atoms with Crippen LogP contribution in [0.25, 0.3) is 0 Å². The Morgan fingerprint density at radius 2 is 2.07 bits per heavy atom. The van der Waals surface area contributed by atoms with Crippen LogP contribution in [-0.4, -0.2) is 17.8 Å². The molecule has 0 saturated heterocycles. The van der Waals surface area contributed by atoms with Crippen LogP contribution in [0.5, 0.6) is 5.75 Å². The predicted octanol–water partition coefficient (Wildman–Crippen LogP) is 2.45. The second kappa shape index (κ2) is 5.01. The molecule has 78 valence electrons. The highest BCUT2D eigenvalue weighted by molar-refractivity contribution is 5.35. The van der Waals surface area contributed by atoms with Gasteiger partial charge in [-0.2, -0.15) is 0 Å². The molecule has 0 radical (unpaired) electrons. The molecule has 1 rings (SSSR count). The van der Waals surface area contributed by atoms with Gasteiger partial charge in [-0.05, 0) is 32.4 Å². The van der Waals surface area contributed by atoms with Crippen molar-refractivity contribution in [1.82, 2.24) is 0 Å². The van der Waals surface area contributed by atoms with Crippen LogP contribution in [0.15, 0.2) is 18.2 Å². The standard InChI is InChI=1S/C12H18O2/c1-9-4-5-12(10(2)8-9)14-7-6-11(3)13/h4-5,8,11,13H,6-7H2,1-3H3. The lowest BCUT2D eigenvalue weighted by molar-refractivity contribution is 0.155. The maximum Gasteiger partial charge on any atom is 0.122 e. The van der Waals surface area contributed by atoms with Gasteiger partial charge in [0.05, 0.1) is 12.7 Å². The molecule has 1 aromatic carbocycles. The average molecular weight is 194 g/mol. The number of aliphatic hydroxyl groups is 1. The molecule has 0 fully saturated rings. The summed E-state index contributed by atoms with van der Waals surface area (Å²) >= 11 is 0. The summed E-state index contributed by atoms with van der Waals surface area (Å²) < 4.78 is 5.54. The fourth-order valence-corrected chi connectivity index (χ4v) is 1.30. The lowest BCUT2D eigenvalue weighted by atomic mass is 10.1. The average Bonchev–Trinajstić information content (AvgIpc) is 2.08. The Balaban J connectivity index is 2.51. The number of rotatable bonds is 4. The van der Waals surface area contributed by atoms with Crippen molar-refractivity contribution >= 4 is 0 Å². The van der Waals surface area contributed by atoms with Crippen molar-refractivity contribution < 1.29 is 9.84 Å². The van der Waals surface area contributed by atoms with E-state index in [2.05, 4.69) is 13.0 Å². The molecule has 0 aliphatic heterocycles. The topological polar surface area (TPSA) is 29.5 Å². The minimum absolute atomic E-state index is 0.291. The van der Waals surface area contributed by atoms with Gasteiger partial charge in [0.1, 0.15) is 5.75 Å². The number of ether oxygens (including phenoxy) is 1. The van der Waals surface area contributed by atoms with Crippen molar-refractivity contribution in [1.29, 1.82) is 0 Å². The molecule has 1 atom stereocenters. The minimum Gasteiger partial charge on any atom is -0.493 e. The molecule has 2 heteroatoms. The zero-order valence-corrected chi connectivity index (χ0v) is 9.08. The van der Waals surface area contributed by atoms with Gasteiger partial charge < -0.3 is 9.84 Å². The summed E-state index contributed by atoms with van der Waals surface area (Å²) in [7, 11) is 0. The lowest BCUT2D eigenvalue weighted by Crippen LogP contribution is -2.07. The van der Waals surface area contributed by atoms with Gasteiger partial charge in [0.15, 0.2) is 0 Å². The van der Waals surface area contributed by atoms with E-state index in [1.807, 2.05) is 19.1 Å². The van der Waals surface area contributed by atoms with Gasteiger partial charge in [-0.25, -0.2) is 0 Å². The number of aryl methyl sites for hydroxylation is 2. The van der Waals surface area contributed by atoms with Gasteiger partial charge in [-0.3, -0.25) is 0 Å². The molecule has 0 spiro atoms. The van der Waals surface area contributed by atoms with Crippen molar-refractivity contribution in [2.24, 2.45) is 0 Å². The summed E-state index contributed by atoms with van der Waals surface area (Å²) in [6, 6.07) is 6.11. The van der Waals surface area contributed by atoms with Crippen molar-refractivity contribution in [3.05, 3.63) is 29.3 Å². The fraction of sp³-hybridized carbons (Fsp3) is 0.500. The van der Waals surface area contributed by atoms with Crippen molar-refractivity contribution in [2.75, 3.05) is 6.61 Å². The van der Waals surface area contributed by atoms with Gasteiger partial charge in [0.2, 0.25) is 0 Å². The molecule has 0 aliphatic rings. The monoisotopic (exact) mass is 194 g/mol. The highest BCUT2D eigenvalue weighted by Crippen LogP contribution is 2.18. The van der Waals surface area contributed by atoms with Crippen LogP contribution in [0.2, 0.25) is 0 Å². The molecule has 0 saturated carbocycles. The Kier molecular flexibility index (Phi) is 3.96. The van der Waals surface area contributed by atoms with Gasteiger partial charge in [0.25, 0.3) is 0 Å². The molecule has 0 amide bonds. The fourth-order valence-electron chi connectivity index (χ4n) is 1.30. The summed E-state index contributed by atoms with van der Waals surface area (Å²) in [5.41, 5.74) is 2.39. The largest absolute Gasteiger partial charge is 0.493 e. The Hall–Kier alpha value is -1.02. The van der Waals surface area contributed by atoms with Crippen LogP contribution < -0.4 is 4.74 Å². The van der Waals surface area contributed by atoms with E-state index in [0.29, 0.717) is 13.0 Å². The van der Waals surface area contributed by atoms with Gasteiger partial charge in [0, 0.05) is 6.42 Å². The molecular weight excluding hydrogens is 176 g/mol. The maximum absolute atomic E-state index is 9.06. The Morgan fingerprint density at radius 1 is 1.36 bits per heavy atom. The molecular formula is C12H18O2. The Labute approximate surface area is 85.5 Å². The smallest absolute Gasteiger partial charge is 0.122 e. The molecule has 0 aliphatic carbocycles. The van der Waals surface area contributed by atoms with Gasteiger partial charge in [-0.15, -0.1) is 0 Å². The summed E-state index contributed by atoms with van der Waals surface area (Å²) in [5.74, 6) is 0.913. The van der Waals surface area contributed by atoms with Crippen molar-refractivity contribution in [2.45, 2.75) is 33.3 Å². The van der Waals surface area contributed by atoms with E-state index in [0.717, 1.165) is 11.3 Å². The molecule has 2 nitrogen and oxygen atoms in total. The summed E-state index contributed by atoms with van der Waals surface area (Å²) in [6.45, 7) is 6.43. The number of hydrogen-bond donors (Lipinski definition) is 1. The molecule has 0 bridgehead atoms. The molecule has 0 aromatic heterocycles. The highest BCUT2D eigenvalue weighted by Gasteiger charge is 2.00. The second-order valence-corrected chi connectivity index (χ2v) is 3.76. The molecule has 1 unspecified atom stereocenters. The summed E-state index contributed by atoms with van der Waals surface area (Å²) in [6.07, 6.45) is 0.383. The van der Waals surface area contributed by atoms with Crippen LogP contribution >= 0.6 is 0 Å². The van der Waals surface area contributed by atoms with E-state index < -0.39 is 0 Å². The lowest BCUT2D eigenvalue weighted by Gasteiger charge is -2.10. The van der Waals surface area contributed by atoms with Crippen LogP contribution in [0.3, 0.4) is 0 Å². The third kappa shape index (κ3) is 3.38. The van der Waals surface area contributed by atoms with Crippen molar-refractivity contribution in [3.63, 3.8) is 0 Å². The zero-order valence-electron chi connectivity index (χ0n) is 9.08. The highest BCUT2D eigenvalue weighted by atomic mass is 16.5. The Bertz CT molecular complexity index is 292. The van der Waals surface area contributed by atoms with Gasteiger partial charge in [-0.1, -0.05) is 17.7 Å². The summed E-state index contributed by atoms with van der Waals surface area (Å²) in [4.78, 5) is 0. The van der Waals surface area contributed by atoms with Crippen molar-refractivity contribution in [3.8, 4) is 5.75 Å². The zero-order chi connectivity index (χ0) is 10.6. The molecule has 1 aromatic rings. The first-order valence-electron chi connectivity index (χ1n) is 4.97. The minimum atomic E-state index is -0.291. The van der Waals surface area contributed by atoms with Gasteiger partial charge >= 0.3 is 0 Å². The number of hydrogen-bond acceptors (Lipinski definition) is 2. The number of aliphatic hydroxyl groups excluding tert-OH is 1. The molecule has 0 heterocycles. The number of benzene rings is 1. The third-order valence-corrected chi connectivity index (χ3v) is 2.12. The SMILES string of the molecule is Cc1ccc(OCCC(C)O)c(C)c1.